The van der Waals surface area contributed by atoms with Gasteiger partial charge in [0, 0.05) is 40.8 Å². The van der Waals surface area contributed by atoms with Gasteiger partial charge in [-0.3, -0.25) is 14.4 Å². The standard InChI is InChI=1S/C27H25ClFN3O6/c1-14(33)19-12-31(21-7-6-17(10-18(19)21)38-27(36)37-2)13-24(34)32-22-8-16(22)9-23(32)26(35)30-11-15-4-3-5-20(28)25(15)29/h3-7,10,12,16,22-23H,8-9,11,13H2,1-2H3,(H,30,35)/t16-,22-,23+/m1/s1. The minimum absolute atomic E-state index is 0.0182. The summed E-state index contributed by atoms with van der Waals surface area (Å²) in [6.07, 6.45) is 2.07. The van der Waals surface area contributed by atoms with Crippen LogP contribution in [-0.4, -0.2) is 52.4 Å². The minimum atomic E-state index is -0.890. The molecule has 0 spiro atoms. The Morgan fingerprint density at radius 3 is 2.68 bits per heavy atom. The molecule has 0 bridgehead atoms. The van der Waals surface area contributed by atoms with Crippen LogP contribution < -0.4 is 10.1 Å². The van der Waals surface area contributed by atoms with Gasteiger partial charge in [-0.15, -0.1) is 0 Å². The Balaban J connectivity index is 1.34. The fourth-order valence-corrected chi connectivity index (χ4v) is 5.34. The number of methoxy groups -OCH3 is 1. The van der Waals surface area contributed by atoms with Gasteiger partial charge in [-0.1, -0.05) is 23.7 Å². The van der Waals surface area contributed by atoms with Crippen LogP contribution in [-0.2, 0) is 27.4 Å². The van der Waals surface area contributed by atoms with Gasteiger partial charge < -0.3 is 24.3 Å². The normalized spacial score (nSPS) is 19.7. The maximum atomic E-state index is 14.2. The maximum Gasteiger partial charge on any atom is 0.513 e. The highest BCUT2D eigenvalue weighted by Gasteiger charge is 2.55. The fraction of sp³-hybridized carbons (Fsp3) is 0.333. The topological polar surface area (TPSA) is 107 Å². The van der Waals surface area contributed by atoms with E-state index in [-0.39, 0.29) is 59.0 Å². The molecule has 198 valence electrons. The van der Waals surface area contributed by atoms with Gasteiger partial charge in [0.05, 0.1) is 12.1 Å². The third kappa shape index (κ3) is 4.83. The molecule has 2 fully saturated rings. The van der Waals surface area contributed by atoms with Crippen LogP contribution in [0.25, 0.3) is 10.9 Å². The third-order valence-electron chi connectivity index (χ3n) is 7.08. The Kier molecular flexibility index (Phi) is 6.83. The molecular formula is C27H25ClFN3O6. The van der Waals surface area contributed by atoms with Crippen molar-refractivity contribution in [2.24, 2.45) is 5.92 Å². The molecular weight excluding hydrogens is 517 g/mol. The van der Waals surface area contributed by atoms with Crippen molar-refractivity contribution in [2.75, 3.05) is 7.11 Å². The van der Waals surface area contributed by atoms with Gasteiger partial charge in [0.15, 0.2) is 5.78 Å². The number of piperidine rings is 1. The van der Waals surface area contributed by atoms with Crippen molar-refractivity contribution in [1.82, 2.24) is 14.8 Å². The summed E-state index contributed by atoms with van der Waals surface area (Å²) in [5.41, 5.74) is 1.23. The van der Waals surface area contributed by atoms with Crippen LogP contribution in [0.15, 0.2) is 42.6 Å². The van der Waals surface area contributed by atoms with Gasteiger partial charge >= 0.3 is 6.16 Å². The summed E-state index contributed by atoms with van der Waals surface area (Å²) < 4.78 is 25.5. The number of carbonyl (C=O) groups is 4. The molecule has 5 rings (SSSR count). The largest absolute Gasteiger partial charge is 0.513 e. The van der Waals surface area contributed by atoms with Crippen molar-refractivity contribution in [3.63, 3.8) is 0 Å². The van der Waals surface area contributed by atoms with Crippen molar-refractivity contribution >= 4 is 46.3 Å². The number of carbonyl (C=O) groups excluding carboxylic acids is 4. The van der Waals surface area contributed by atoms with Crippen molar-refractivity contribution < 1.29 is 33.0 Å². The smallest absolute Gasteiger partial charge is 0.437 e. The average Bonchev–Trinajstić information content (AvgIpc) is 3.40. The van der Waals surface area contributed by atoms with Crippen LogP contribution in [0.4, 0.5) is 9.18 Å². The molecule has 2 amide bonds. The predicted molar refractivity (Wildman–Crippen MR) is 135 cm³/mol. The lowest BCUT2D eigenvalue weighted by Gasteiger charge is -2.27. The number of hydrogen-bond acceptors (Lipinski definition) is 6. The summed E-state index contributed by atoms with van der Waals surface area (Å²) in [4.78, 5) is 51.9. The van der Waals surface area contributed by atoms with E-state index in [0.717, 1.165) is 6.42 Å². The number of likely N-dealkylation sites (tertiary alicyclic amines) is 1. The minimum Gasteiger partial charge on any atom is -0.437 e. The van der Waals surface area contributed by atoms with Gasteiger partial charge in [0.1, 0.15) is 24.2 Å². The first-order valence-electron chi connectivity index (χ1n) is 12.1. The molecule has 1 N–H and O–H groups in total. The average molecular weight is 542 g/mol. The van der Waals surface area contributed by atoms with Gasteiger partial charge in [0.2, 0.25) is 11.8 Å². The number of fused-ring (bicyclic) bond motifs is 2. The van der Waals surface area contributed by atoms with E-state index in [2.05, 4.69) is 10.1 Å². The molecule has 0 unspecified atom stereocenters. The molecule has 3 aromatic rings. The van der Waals surface area contributed by atoms with Crippen LogP contribution in [0.2, 0.25) is 5.02 Å². The number of benzene rings is 2. The highest BCUT2D eigenvalue weighted by atomic mass is 35.5. The van der Waals surface area contributed by atoms with E-state index < -0.39 is 18.0 Å². The van der Waals surface area contributed by atoms with Crippen molar-refractivity contribution in [1.29, 1.82) is 0 Å². The van der Waals surface area contributed by atoms with E-state index in [1.807, 2.05) is 0 Å². The summed E-state index contributed by atoms with van der Waals surface area (Å²) in [6, 6.07) is 8.64. The number of ether oxygens (including phenoxy) is 2. The zero-order chi connectivity index (χ0) is 27.1. The maximum absolute atomic E-state index is 14.2. The van der Waals surface area contributed by atoms with Gasteiger partial charge in [-0.25, -0.2) is 9.18 Å². The quantitative estimate of drug-likeness (QED) is 0.274. The van der Waals surface area contributed by atoms with Gasteiger partial charge in [-0.05, 0) is 49.9 Å². The molecule has 1 aliphatic heterocycles. The second kappa shape index (κ2) is 10.1. The van der Waals surface area contributed by atoms with Crippen molar-refractivity contribution in [3.8, 4) is 5.75 Å². The first-order valence-corrected chi connectivity index (χ1v) is 12.5. The molecule has 38 heavy (non-hydrogen) atoms. The summed E-state index contributed by atoms with van der Waals surface area (Å²) in [6.45, 7) is 1.28. The Morgan fingerprint density at radius 2 is 1.95 bits per heavy atom. The van der Waals surface area contributed by atoms with Gasteiger partial charge in [-0.2, -0.15) is 0 Å². The van der Waals surface area contributed by atoms with E-state index in [9.17, 15) is 23.6 Å². The van der Waals surface area contributed by atoms with Crippen LogP contribution >= 0.6 is 11.6 Å². The van der Waals surface area contributed by atoms with E-state index in [0.29, 0.717) is 22.9 Å². The number of nitrogens with zero attached hydrogens (tertiary/aromatic N) is 2. The molecule has 1 aromatic heterocycles. The zero-order valence-electron chi connectivity index (χ0n) is 20.7. The molecule has 1 aliphatic carbocycles. The predicted octanol–water partition coefficient (Wildman–Crippen LogP) is 4.09. The van der Waals surface area contributed by atoms with E-state index in [1.54, 1.807) is 46.0 Å². The number of aromatic nitrogens is 1. The summed E-state index contributed by atoms with van der Waals surface area (Å²) in [7, 11) is 1.19. The van der Waals surface area contributed by atoms with Crippen molar-refractivity contribution in [3.05, 3.63) is 64.6 Å². The Bertz CT molecular complexity index is 1470. The number of rotatable bonds is 7. The number of nitrogens with one attached hydrogen (secondary N) is 1. The molecule has 9 nitrogen and oxygen atoms in total. The molecule has 1 saturated heterocycles. The molecule has 2 aliphatic rings. The number of ketones is 1. The molecule has 0 radical (unpaired) electrons. The van der Waals surface area contributed by atoms with E-state index in [1.165, 1.54) is 20.1 Å². The lowest BCUT2D eigenvalue weighted by atomic mass is 10.1. The molecule has 2 heterocycles. The summed E-state index contributed by atoms with van der Waals surface area (Å²) >= 11 is 5.83. The first kappa shape index (κ1) is 25.7. The van der Waals surface area contributed by atoms with E-state index >= 15 is 0 Å². The SMILES string of the molecule is COC(=O)Oc1ccc2c(c1)c(C(C)=O)cn2CC(=O)N1[C@@H]2C[C@@H]2C[C@H]1C(=O)NCc1cccc(Cl)c1F. The number of Topliss-reactive ketones (excluding diaryl/α,β-unsaturated/α-hetero) is 1. The van der Waals surface area contributed by atoms with Crippen LogP contribution in [0.5, 0.6) is 5.75 Å². The monoisotopic (exact) mass is 541 g/mol. The molecule has 2 aromatic carbocycles. The summed E-state index contributed by atoms with van der Waals surface area (Å²) in [5, 5.41) is 3.24. The molecule has 11 heteroatoms. The van der Waals surface area contributed by atoms with Gasteiger partial charge in [0.25, 0.3) is 0 Å². The Labute approximate surface area is 222 Å². The molecule has 3 atom stereocenters. The highest BCUT2D eigenvalue weighted by Crippen LogP contribution is 2.48. The summed E-state index contributed by atoms with van der Waals surface area (Å²) in [5.74, 6) is -0.959. The number of amides is 2. The van der Waals surface area contributed by atoms with Crippen LogP contribution in [0.1, 0.15) is 35.7 Å². The van der Waals surface area contributed by atoms with Crippen LogP contribution in [0, 0.1) is 11.7 Å². The highest BCUT2D eigenvalue weighted by molar-refractivity contribution is 6.30. The number of hydrogen-bond donors (Lipinski definition) is 1. The lowest BCUT2D eigenvalue weighted by molar-refractivity contribution is -0.140. The third-order valence-corrected chi connectivity index (χ3v) is 7.38. The second-order valence-corrected chi connectivity index (χ2v) is 9.92. The Hall–Kier alpha value is -3.92. The zero-order valence-corrected chi connectivity index (χ0v) is 21.5. The lowest BCUT2D eigenvalue weighted by Crippen LogP contribution is -2.48. The Morgan fingerprint density at radius 1 is 1.16 bits per heavy atom. The van der Waals surface area contributed by atoms with Crippen molar-refractivity contribution in [2.45, 2.75) is 44.9 Å². The number of halogens is 2. The van der Waals surface area contributed by atoms with E-state index in [4.69, 9.17) is 16.3 Å². The van der Waals surface area contributed by atoms with Crippen LogP contribution in [0.3, 0.4) is 0 Å². The fourth-order valence-electron chi connectivity index (χ4n) is 5.15. The second-order valence-electron chi connectivity index (χ2n) is 9.51. The first-order chi connectivity index (χ1) is 18.2. The molecule has 1 saturated carbocycles.